The van der Waals surface area contributed by atoms with Gasteiger partial charge in [0, 0.05) is 17.7 Å². The summed E-state index contributed by atoms with van der Waals surface area (Å²) in [6.07, 6.45) is 14.0. The summed E-state index contributed by atoms with van der Waals surface area (Å²) in [5, 5.41) is 32.5. The fourth-order valence-corrected chi connectivity index (χ4v) is 4.75. The van der Waals surface area contributed by atoms with Gasteiger partial charge >= 0.3 is 0 Å². The molecule has 0 bridgehead atoms. The first-order valence-electron chi connectivity index (χ1n) is 13.5. The summed E-state index contributed by atoms with van der Waals surface area (Å²) in [6, 6.07) is 4.53. The normalized spacial score (nSPS) is 13.4. The molecule has 0 aliphatic carbocycles. The number of nitrogens with one attached hydrogen (secondary N) is 2. The topological polar surface area (TPSA) is 136 Å². The van der Waals surface area contributed by atoms with E-state index in [9.17, 15) is 28.5 Å². The van der Waals surface area contributed by atoms with Gasteiger partial charge in [0.25, 0.3) is 5.91 Å². The van der Waals surface area contributed by atoms with Crippen molar-refractivity contribution in [2.75, 3.05) is 17.5 Å². The third-order valence-electron chi connectivity index (χ3n) is 6.35. The van der Waals surface area contributed by atoms with Crippen molar-refractivity contribution in [3.63, 3.8) is 0 Å². The van der Waals surface area contributed by atoms with Gasteiger partial charge in [-0.05, 0) is 31.4 Å². The number of hydrogen-bond donors (Lipinski definition) is 5. The number of anilines is 1. The van der Waals surface area contributed by atoms with E-state index in [0.717, 1.165) is 57.6 Å². The third kappa shape index (κ3) is 14.8. The van der Waals surface area contributed by atoms with Crippen LogP contribution in [-0.4, -0.2) is 54.7 Å². The summed E-state index contributed by atoms with van der Waals surface area (Å²) < 4.78 is 25.3. The number of unbranched alkanes of at least 4 members (excludes halogenated alkanes) is 10. The Balaban J connectivity index is 2.14. The largest absolute Gasteiger partial charge is 0.392 e. The standard InChI is InChI=1S/C27H48N2O6S/c1-3-4-5-6-9-12-15-25(31)26(32)16-13-10-7-8-11-14-19-28-27(33)22-17-18-23(21-30)24(20-22)29-36(2,34)35/h17-18,20,25-26,29-32H,3-16,19,21H2,1-2H3,(H,28,33). The smallest absolute Gasteiger partial charge is 0.251 e. The molecule has 36 heavy (non-hydrogen) atoms. The van der Waals surface area contributed by atoms with Crippen LogP contribution in [0.15, 0.2) is 18.2 Å². The molecule has 2 atom stereocenters. The van der Waals surface area contributed by atoms with Gasteiger partial charge < -0.3 is 20.6 Å². The second kappa shape index (κ2) is 18.5. The zero-order chi connectivity index (χ0) is 26.8. The summed E-state index contributed by atoms with van der Waals surface area (Å²) in [7, 11) is -3.52. The maximum absolute atomic E-state index is 12.4. The number of carbonyl (C=O) groups excluding carboxylic acids is 1. The highest BCUT2D eigenvalue weighted by atomic mass is 32.2. The van der Waals surface area contributed by atoms with Gasteiger partial charge in [0.2, 0.25) is 10.0 Å². The number of rotatable bonds is 21. The fraction of sp³-hybridized carbons (Fsp3) is 0.741. The van der Waals surface area contributed by atoms with E-state index in [1.54, 1.807) is 6.07 Å². The van der Waals surface area contributed by atoms with Crippen molar-refractivity contribution >= 4 is 21.6 Å². The summed E-state index contributed by atoms with van der Waals surface area (Å²) in [6.45, 7) is 2.39. The SMILES string of the molecule is CCCCCCCCC(O)C(O)CCCCCCCCNC(=O)c1ccc(CO)c(NS(C)(=O)=O)c1. The van der Waals surface area contributed by atoms with E-state index in [0.29, 0.717) is 30.5 Å². The summed E-state index contributed by atoms with van der Waals surface area (Å²) in [4.78, 5) is 12.4. The molecule has 1 aromatic carbocycles. The van der Waals surface area contributed by atoms with E-state index >= 15 is 0 Å². The maximum Gasteiger partial charge on any atom is 0.251 e. The van der Waals surface area contributed by atoms with Crippen LogP contribution in [0.4, 0.5) is 5.69 Å². The quantitative estimate of drug-likeness (QED) is 0.149. The van der Waals surface area contributed by atoms with Crippen molar-refractivity contribution in [3.05, 3.63) is 29.3 Å². The lowest BCUT2D eigenvalue weighted by atomic mass is 9.99. The first-order valence-corrected chi connectivity index (χ1v) is 15.4. The van der Waals surface area contributed by atoms with E-state index in [4.69, 9.17) is 0 Å². The Morgan fingerprint density at radius 1 is 0.861 bits per heavy atom. The predicted molar refractivity (Wildman–Crippen MR) is 145 cm³/mol. The van der Waals surface area contributed by atoms with Gasteiger partial charge in [0.05, 0.1) is 30.8 Å². The van der Waals surface area contributed by atoms with Crippen LogP contribution in [0.1, 0.15) is 113 Å². The van der Waals surface area contributed by atoms with Crippen LogP contribution in [0.5, 0.6) is 0 Å². The van der Waals surface area contributed by atoms with Crippen molar-refractivity contribution in [3.8, 4) is 0 Å². The number of benzene rings is 1. The van der Waals surface area contributed by atoms with Crippen molar-refractivity contribution in [1.82, 2.24) is 5.32 Å². The first kappa shape index (κ1) is 32.3. The van der Waals surface area contributed by atoms with Gasteiger partial charge in [-0.1, -0.05) is 83.6 Å². The van der Waals surface area contributed by atoms with Crippen molar-refractivity contribution in [2.24, 2.45) is 0 Å². The van der Waals surface area contributed by atoms with E-state index in [1.165, 1.54) is 37.8 Å². The van der Waals surface area contributed by atoms with Crippen LogP contribution in [0, 0.1) is 0 Å². The molecule has 5 N–H and O–H groups in total. The molecule has 0 radical (unpaired) electrons. The molecule has 0 aromatic heterocycles. The van der Waals surface area contributed by atoms with E-state index in [2.05, 4.69) is 17.0 Å². The summed E-state index contributed by atoms with van der Waals surface area (Å²) in [5.74, 6) is -0.287. The minimum absolute atomic E-state index is 0.202. The molecule has 8 nitrogen and oxygen atoms in total. The number of carbonyl (C=O) groups is 1. The van der Waals surface area contributed by atoms with Crippen molar-refractivity contribution in [2.45, 2.75) is 116 Å². The lowest BCUT2D eigenvalue weighted by Gasteiger charge is -2.17. The summed E-state index contributed by atoms with van der Waals surface area (Å²) >= 11 is 0. The Morgan fingerprint density at radius 2 is 1.39 bits per heavy atom. The van der Waals surface area contributed by atoms with Gasteiger partial charge in [-0.15, -0.1) is 0 Å². The fourth-order valence-electron chi connectivity index (χ4n) is 4.16. The Hall–Kier alpha value is -1.68. The van der Waals surface area contributed by atoms with Crippen LogP contribution in [0.2, 0.25) is 0 Å². The van der Waals surface area contributed by atoms with E-state index in [-0.39, 0.29) is 18.2 Å². The molecular formula is C27H48N2O6S. The molecule has 0 aliphatic heterocycles. The molecule has 0 fully saturated rings. The monoisotopic (exact) mass is 528 g/mol. The molecule has 9 heteroatoms. The van der Waals surface area contributed by atoms with Gasteiger partial charge in [0.15, 0.2) is 0 Å². The number of aliphatic hydroxyl groups is 3. The molecule has 0 spiro atoms. The second-order valence-corrected chi connectivity index (χ2v) is 11.5. The lowest BCUT2D eigenvalue weighted by molar-refractivity contribution is 0.00712. The van der Waals surface area contributed by atoms with E-state index in [1.807, 2.05) is 0 Å². The first-order chi connectivity index (χ1) is 17.2. The molecule has 1 aromatic rings. The average molecular weight is 529 g/mol. The number of hydrogen-bond acceptors (Lipinski definition) is 6. The molecule has 0 heterocycles. The minimum Gasteiger partial charge on any atom is -0.392 e. The van der Waals surface area contributed by atoms with Gasteiger partial charge in [0.1, 0.15) is 0 Å². The molecule has 0 aliphatic rings. The lowest BCUT2D eigenvalue weighted by Crippen LogP contribution is -2.25. The summed E-state index contributed by atoms with van der Waals surface area (Å²) in [5.41, 5.74) is 0.931. The number of sulfonamides is 1. The van der Waals surface area contributed by atoms with Crippen LogP contribution in [-0.2, 0) is 16.6 Å². The Bertz CT molecular complexity index is 847. The van der Waals surface area contributed by atoms with Gasteiger partial charge in [-0.25, -0.2) is 8.42 Å². The third-order valence-corrected chi connectivity index (χ3v) is 6.94. The molecular weight excluding hydrogens is 480 g/mol. The van der Waals surface area contributed by atoms with Crippen LogP contribution in [0.25, 0.3) is 0 Å². The van der Waals surface area contributed by atoms with Gasteiger partial charge in [-0.3, -0.25) is 9.52 Å². The van der Waals surface area contributed by atoms with Crippen LogP contribution in [0.3, 0.4) is 0 Å². The maximum atomic E-state index is 12.4. The Morgan fingerprint density at radius 3 is 1.92 bits per heavy atom. The Kier molecular flexibility index (Phi) is 16.7. The zero-order valence-electron chi connectivity index (χ0n) is 22.2. The highest BCUT2D eigenvalue weighted by Crippen LogP contribution is 2.19. The zero-order valence-corrected chi connectivity index (χ0v) is 23.0. The van der Waals surface area contributed by atoms with Gasteiger partial charge in [-0.2, -0.15) is 0 Å². The number of aliphatic hydroxyl groups excluding tert-OH is 3. The second-order valence-electron chi connectivity index (χ2n) is 9.76. The van der Waals surface area contributed by atoms with Crippen molar-refractivity contribution < 1.29 is 28.5 Å². The predicted octanol–water partition coefficient (Wildman–Crippen LogP) is 4.48. The molecule has 2 unspecified atom stereocenters. The number of amides is 1. The molecule has 1 rings (SSSR count). The van der Waals surface area contributed by atoms with Crippen LogP contribution < -0.4 is 10.0 Å². The molecule has 208 valence electrons. The van der Waals surface area contributed by atoms with Crippen LogP contribution >= 0.6 is 0 Å². The Labute approximate surface area is 217 Å². The minimum atomic E-state index is -3.52. The average Bonchev–Trinajstić information content (AvgIpc) is 2.83. The van der Waals surface area contributed by atoms with E-state index < -0.39 is 22.2 Å². The highest BCUT2D eigenvalue weighted by Gasteiger charge is 2.15. The molecule has 0 saturated carbocycles. The molecule has 1 amide bonds. The molecule has 0 saturated heterocycles. The van der Waals surface area contributed by atoms with Crippen molar-refractivity contribution in [1.29, 1.82) is 0 Å². The highest BCUT2D eigenvalue weighted by molar-refractivity contribution is 7.92.